The van der Waals surface area contributed by atoms with Crippen molar-refractivity contribution in [1.82, 2.24) is 10.2 Å². The lowest BCUT2D eigenvalue weighted by Gasteiger charge is -2.27. The van der Waals surface area contributed by atoms with Gasteiger partial charge in [0.25, 0.3) is 0 Å². The van der Waals surface area contributed by atoms with E-state index in [9.17, 15) is 9.90 Å². The molecule has 1 aliphatic rings. The van der Waals surface area contributed by atoms with Crippen molar-refractivity contribution in [2.24, 2.45) is 5.92 Å². The summed E-state index contributed by atoms with van der Waals surface area (Å²) in [5.41, 5.74) is -0.476. The SMILES string of the molecule is CC(C)C[C@@H](CN1CCC(O)C1)NC(=O)OC(C)(C)C. The van der Waals surface area contributed by atoms with Gasteiger partial charge in [0, 0.05) is 25.7 Å². The number of amides is 1. The van der Waals surface area contributed by atoms with E-state index in [0.717, 1.165) is 25.9 Å². The maximum absolute atomic E-state index is 11.9. The molecule has 0 aromatic carbocycles. The molecule has 0 aliphatic carbocycles. The van der Waals surface area contributed by atoms with Gasteiger partial charge in [-0.05, 0) is 39.5 Å². The highest BCUT2D eigenvalue weighted by Crippen LogP contribution is 2.14. The van der Waals surface area contributed by atoms with Crippen LogP contribution < -0.4 is 5.32 Å². The lowest BCUT2D eigenvalue weighted by Crippen LogP contribution is -2.45. The number of alkyl carbamates (subject to hydrolysis) is 1. The van der Waals surface area contributed by atoms with Crippen LogP contribution >= 0.6 is 0 Å². The smallest absolute Gasteiger partial charge is 0.407 e. The van der Waals surface area contributed by atoms with E-state index < -0.39 is 5.60 Å². The summed E-state index contributed by atoms with van der Waals surface area (Å²) in [4.78, 5) is 14.1. The molecule has 1 amide bonds. The van der Waals surface area contributed by atoms with E-state index in [1.54, 1.807) is 0 Å². The molecule has 5 heteroatoms. The highest BCUT2D eigenvalue weighted by atomic mass is 16.6. The number of hydrogen-bond donors (Lipinski definition) is 2. The molecule has 1 heterocycles. The molecule has 0 aromatic rings. The normalized spacial score (nSPS) is 22.1. The molecule has 1 aliphatic heterocycles. The number of β-amino-alcohol motifs (C(OH)–C–C–N with tert-alkyl or cyclic N) is 1. The van der Waals surface area contributed by atoms with E-state index in [1.165, 1.54) is 0 Å². The van der Waals surface area contributed by atoms with Crippen LogP contribution in [0.4, 0.5) is 4.79 Å². The zero-order chi connectivity index (χ0) is 15.3. The number of nitrogens with zero attached hydrogens (tertiary/aromatic N) is 1. The highest BCUT2D eigenvalue weighted by Gasteiger charge is 2.25. The number of aliphatic hydroxyl groups is 1. The van der Waals surface area contributed by atoms with E-state index in [4.69, 9.17) is 4.74 Å². The average molecular weight is 286 g/mol. The van der Waals surface area contributed by atoms with E-state index in [0.29, 0.717) is 12.5 Å². The number of aliphatic hydroxyl groups excluding tert-OH is 1. The molecule has 0 aromatic heterocycles. The van der Waals surface area contributed by atoms with Crippen molar-refractivity contribution < 1.29 is 14.6 Å². The molecule has 1 fully saturated rings. The van der Waals surface area contributed by atoms with Crippen LogP contribution in [-0.4, -0.2) is 53.5 Å². The first-order valence-electron chi connectivity index (χ1n) is 7.55. The quantitative estimate of drug-likeness (QED) is 0.811. The van der Waals surface area contributed by atoms with Gasteiger partial charge in [-0.25, -0.2) is 4.79 Å². The molecule has 1 rings (SSSR count). The molecule has 2 N–H and O–H groups in total. The maximum Gasteiger partial charge on any atom is 0.407 e. The molecule has 1 saturated heterocycles. The van der Waals surface area contributed by atoms with Gasteiger partial charge in [-0.15, -0.1) is 0 Å². The standard InChI is InChI=1S/C15H30N2O3/c1-11(2)8-12(9-17-7-6-13(18)10-17)16-14(19)20-15(3,4)5/h11-13,18H,6-10H2,1-5H3,(H,16,19)/t12-,13?/m0/s1. The zero-order valence-corrected chi connectivity index (χ0v) is 13.5. The van der Waals surface area contributed by atoms with Crippen molar-refractivity contribution in [2.75, 3.05) is 19.6 Å². The first-order chi connectivity index (χ1) is 9.15. The molecule has 1 unspecified atom stereocenters. The number of rotatable bonds is 5. The van der Waals surface area contributed by atoms with Crippen LogP contribution in [0.1, 0.15) is 47.5 Å². The summed E-state index contributed by atoms with van der Waals surface area (Å²) in [6.45, 7) is 12.2. The van der Waals surface area contributed by atoms with Crippen molar-refractivity contribution in [1.29, 1.82) is 0 Å². The second kappa shape index (κ2) is 7.27. The van der Waals surface area contributed by atoms with Crippen molar-refractivity contribution in [3.8, 4) is 0 Å². The highest BCUT2D eigenvalue weighted by molar-refractivity contribution is 5.68. The number of likely N-dealkylation sites (tertiary alicyclic amines) is 1. The van der Waals surface area contributed by atoms with Crippen LogP contribution in [0.25, 0.3) is 0 Å². The molecule has 20 heavy (non-hydrogen) atoms. The third-order valence-corrected chi connectivity index (χ3v) is 3.20. The Labute approximate surface area is 122 Å². The molecule has 0 spiro atoms. The van der Waals surface area contributed by atoms with Gasteiger partial charge >= 0.3 is 6.09 Å². The molecule has 5 nitrogen and oxygen atoms in total. The van der Waals surface area contributed by atoms with Crippen molar-refractivity contribution >= 4 is 6.09 Å². The van der Waals surface area contributed by atoms with Crippen LogP contribution in [0.3, 0.4) is 0 Å². The van der Waals surface area contributed by atoms with Gasteiger partial charge < -0.3 is 15.2 Å². The first-order valence-corrected chi connectivity index (χ1v) is 7.55. The minimum absolute atomic E-state index is 0.0650. The Morgan fingerprint density at radius 2 is 2.10 bits per heavy atom. The fourth-order valence-electron chi connectivity index (χ4n) is 2.51. The van der Waals surface area contributed by atoms with Gasteiger partial charge in [0.05, 0.1) is 6.10 Å². The second-order valence-corrected chi connectivity index (χ2v) is 7.17. The third-order valence-electron chi connectivity index (χ3n) is 3.20. The largest absolute Gasteiger partial charge is 0.444 e. The lowest BCUT2D eigenvalue weighted by molar-refractivity contribution is 0.0486. The summed E-state index contributed by atoms with van der Waals surface area (Å²) in [6, 6.07) is 0.0650. The summed E-state index contributed by atoms with van der Waals surface area (Å²) in [7, 11) is 0. The van der Waals surface area contributed by atoms with Gasteiger partial charge in [0.15, 0.2) is 0 Å². The summed E-state index contributed by atoms with van der Waals surface area (Å²) in [5.74, 6) is 0.502. The minimum Gasteiger partial charge on any atom is -0.444 e. The van der Waals surface area contributed by atoms with Crippen LogP contribution in [0.2, 0.25) is 0 Å². The summed E-state index contributed by atoms with van der Waals surface area (Å²) in [6.07, 6.45) is 1.14. The number of carbonyl (C=O) groups is 1. The van der Waals surface area contributed by atoms with Crippen molar-refractivity contribution in [3.05, 3.63) is 0 Å². The molecular weight excluding hydrogens is 256 g/mol. The summed E-state index contributed by atoms with van der Waals surface area (Å²) < 4.78 is 5.32. The Hall–Kier alpha value is -0.810. The van der Waals surface area contributed by atoms with Gasteiger partial charge in [-0.3, -0.25) is 4.90 Å². The van der Waals surface area contributed by atoms with Crippen LogP contribution in [0.5, 0.6) is 0 Å². The van der Waals surface area contributed by atoms with Gasteiger partial charge in [-0.2, -0.15) is 0 Å². The second-order valence-electron chi connectivity index (χ2n) is 7.17. The molecule has 118 valence electrons. The Bertz CT molecular complexity index is 313. The fraction of sp³-hybridized carbons (Fsp3) is 0.933. The molecular formula is C15H30N2O3. The van der Waals surface area contributed by atoms with E-state index in [1.807, 2.05) is 20.8 Å². The van der Waals surface area contributed by atoms with E-state index in [2.05, 4.69) is 24.1 Å². The van der Waals surface area contributed by atoms with Gasteiger partial charge in [0.1, 0.15) is 5.60 Å². The Kier molecular flexibility index (Phi) is 6.27. The molecule has 0 radical (unpaired) electrons. The molecule has 2 atom stereocenters. The Morgan fingerprint density at radius 3 is 2.55 bits per heavy atom. The number of carbonyl (C=O) groups excluding carboxylic acids is 1. The third kappa shape index (κ3) is 7.10. The van der Waals surface area contributed by atoms with Crippen molar-refractivity contribution in [3.63, 3.8) is 0 Å². The Balaban J connectivity index is 2.49. The molecule has 0 bridgehead atoms. The Morgan fingerprint density at radius 1 is 1.45 bits per heavy atom. The lowest BCUT2D eigenvalue weighted by atomic mass is 10.0. The monoisotopic (exact) mass is 286 g/mol. The molecule has 0 saturated carbocycles. The number of hydrogen-bond acceptors (Lipinski definition) is 4. The number of ether oxygens (including phenoxy) is 1. The predicted molar refractivity (Wildman–Crippen MR) is 79.7 cm³/mol. The predicted octanol–water partition coefficient (Wildman–Crippen LogP) is 1.99. The minimum atomic E-state index is -0.476. The van der Waals surface area contributed by atoms with Crippen molar-refractivity contribution in [2.45, 2.75) is 65.2 Å². The fourth-order valence-corrected chi connectivity index (χ4v) is 2.51. The van der Waals surface area contributed by atoms with Crippen LogP contribution in [0, 0.1) is 5.92 Å². The number of nitrogens with one attached hydrogen (secondary N) is 1. The van der Waals surface area contributed by atoms with E-state index >= 15 is 0 Å². The van der Waals surface area contributed by atoms with Gasteiger partial charge in [0.2, 0.25) is 0 Å². The average Bonchev–Trinajstić information content (AvgIpc) is 2.59. The van der Waals surface area contributed by atoms with Crippen LogP contribution in [-0.2, 0) is 4.74 Å². The zero-order valence-electron chi connectivity index (χ0n) is 13.5. The van der Waals surface area contributed by atoms with Crippen LogP contribution in [0.15, 0.2) is 0 Å². The van der Waals surface area contributed by atoms with Gasteiger partial charge in [-0.1, -0.05) is 13.8 Å². The maximum atomic E-state index is 11.9. The topological polar surface area (TPSA) is 61.8 Å². The van der Waals surface area contributed by atoms with E-state index in [-0.39, 0.29) is 18.2 Å². The first kappa shape index (κ1) is 17.2. The summed E-state index contributed by atoms with van der Waals surface area (Å²) >= 11 is 0. The summed E-state index contributed by atoms with van der Waals surface area (Å²) in [5, 5.41) is 12.5.